The Labute approximate surface area is 211 Å². The normalized spacial score (nSPS) is 26.3. The Hall–Kier alpha value is -4.30. The van der Waals surface area contributed by atoms with Gasteiger partial charge in [-0.15, -0.1) is 0 Å². The average Bonchev–Trinajstić information content (AvgIpc) is 3.60. The van der Waals surface area contributed by atoms with Crippen molar-refractivity contribution in [3.05, 3.63) is 95.4 Å². The van der Waals surface area contributed by atoms with E-state index in [0.717, 1.165) is 26.9 Å². The van der Waals surface area contributed by atoms with Crippen molar-refractivity contribution in [1.82, 2.24) is 10.3 Å². The molecule has 3 aliphatic rings. The summed E-state index contributed by atoms with van der Waals surface area (Å²) in [7, 11) is 0. The van der Waals surface area contributed by atoms with E-state index >= 15 is 0 Å². The van der Waals surface area contributed by atoms with E-state index in [4.69, 9.17) is 0 Å². The smallest absolute Gasteiger partial charge is 0.250 e. The average molecular weight is 495 g/mol. The van der Waals surface area contributed by atoms with Crippen molar-refractivity contribution >= 4 is 40.0 Å². The summed E-state index contributed by atoms with van der Waals surface area (Å²) in [6.45, 7) is 1.90. The molecule has 4 aromatic rings. The highest BCUT2D eigenvalue weighted by molar-refractivity contribution is 6.26. The van der Waals surface area contributed by atoms with Gasteiger partial charge in [0.2, 0.25) is 17.7 Å². The van der Waals surface area contributed by atoms with E-state index in [-0.39, 0.29) is 11.8 Å². The summed E-state index contributed by atoms with van der Waals surface area (Å²) in [5.74, 6) is -3.36. The quantitative estimate of drug-likeness (QED) is 0.378. The molecule has 0 aliphatic carbocycles. The monoisotopic (exact) mass is 494 g/mol. The Balaban J connectivity index is 1.39. The fourth-order valence-electron chi connectivity index (χ4n) is 6.53. The van der Waals surface area contributed by atoms with Gasteiger partial charge < -0.3 is 10.3 Å². The van der Waals surface area contributed by atoms with Gasteiger partial charge in [0.05, 0.1) is 17.5 Å². The van der Waals surface area contributed by atoms with E-state index in [1.807, 2.05) is 55.6 Å². The first-order chi connectivity index (χ1) is 17.9. The molecule has 3 amide bonds. The molecule has 7 nitrogen and oxygen atoms in total. The summed E-state index contributed by atoms with van der Waals surface area (Å²) in [4.78, 5) is 46.1. The van der Waals surface area contributed by atoms with E-state index < -0.39 is 35.1 Å². The number of nitrogens with zero attached hydrogens (tertiary/aromatic N) is 1. The molecule has 37 heavy (non-hydrogen) atoms. The number of carbonyl (C=O) groups is 3. The molecule has 1 spiro atoms. The van der Waals surface area contributed by atoms with Crippen LogP contribution in [-0.4, -0.2) is 28.7 Å². The van der Waals surface area contributed by atoms with Crippen LogP contribution < -0.4 is 15.5 Å². The standard InChI is InChI=1S/C29H23FN4O3/c1-15-5-4-7-20-25(15)32-28(37)29(20)24-23(26(35)34(27(24)36)18-11-9-17(30)10-12-18)22(33-29)13-16-14-31-21-8-3-2-6-19(16)21/h2-12,14,22-24,31,33H,13H2,1H3,(H,32,37)/t22?,23-,24+,29?/m1/s1. The maximum absolute atomic E-state index is 14.0. The highest BCUT2D eigenvalue weighted by Crippen LogP contribution is 2.54. The van der Waals surface area contributed by atoms with E-state index in [9.17, 15) is 18.8 Å². The largest absolute Gasteiger partial charge is 0.361 e. The van der Waals surface area contributed by atoms with Crippen molar-refractivity contribution in [3.63, 3.8) is 0 Å². The Morgan fingerprint density at radius 2 is 1.73 bits per heavy atom. The minimum absolute atomic E-state index is 0.301. The van der Waals surface area contributed by atoms with Crippen molar-refractivity contribution in [1.29, 1.82) is 0 Å². The number of anilines is 2. The number of nitrogens with one attached hydrogen (secondary N) is 3. The van der Waals surface area contributed by atoms with Gasteiger partial charge in [-0.05, 0) is 54.8 Å². The lowest BCUT2D eigenvalue weighted by Gasteiger charge is -2.29. The molecule has 3 aromatic carbocycles. The molecular weight excluding hydrogens is 471 g/mol. The molecule has 2 unspecified atom stereocenters. The molecule has 2 saturated heterocycles. The van der Waals surface area contributed by atoms with Crippen molar-refractivity contribution in [2.75, 3.05) is 10.2 Å². The molecule has 0 saturated carbocycles. The minimum Gasteiger partial charge on any atom is -0.361 e. The van der Waals surface area contributed by atoms with Crippen LogP contribution in [0.2, 0.25) is 0 Å². The number of amides is 3. The zero-order chi connectivity index (χ0) is 25.5. The van der Waals surface area contributed by atoms with E-state index in [1.54, 1.807) is 0 Å². The van der Waals surface area contributed by atoms with Crippen LogP contribution in [0.25, 0.3) is 10.9 Å². The Morgan fingerprint density at radius 1 is 0.946 bits per heavy atom. The number of hydrogen-bond acceptors (Lipinski definition) is 4. The summed E-state index contributed by atoms with van der Waals surface area (Å²) >= 11 is 0. The molecule has 3 N–H and O–H groups in total. The number of fused-ring (bicyclic) bond motifs is 5. The maximum Gasteiger partial charge on any atom is 0.250 e. The van der Waals surface area contributed by atoms with Gasteiger partial charge in [0.15, 0.2) is 0 Å². The summed E-state index contributed by atoms with van der Waals surface area (Å²) in [5.41, 5.74) is 3.12. The number of rotatable bonds is 3. The van der Waals surface area contributed by atoms with E-state index in [0.29, 0.717) is 23.4 Å². The Morgan fingerprint density at radius 3 is 2.54 bits per heavy atom. The molecule has 0 bridgehead atoms. The lowest BCUT2D eigenvalue weighted by atomic mass is 9.76. The second-order valence-electron chi connectivity index (χ2n) is 10.1. The number of para-hydroxylation sites is 2. The van der Waals surface area contributed by atoms with Crippen molar-refractivity contribution in [2.24, 2.45) is 11.8 Å². The van der Waals surface area contributed by atoms with Gasteiger partial charge in [0.25, 0.3) is 0 Å². The van der Waals surface area contributed by atoms with Gasteiger partial charge in [0.1, 0.15) is 11.4 Å². The molecule has 0 radical (unpaired) electrons. The number of aromatic nitrogens is 1. The van der Waals surface area contributed by atoms with Crippen LogP contribution in [0, 0.1) is 24.6 Å². The van der Waals surface area contributed by atoms with Gasteiger partial charge in [-0.25, -0.2) is 9.29 Å². The van der Waals surface area contributed by atoms with Crippen LogP contribution in [0.15, 0.2) is 72.9 Å². The SMILES string of the molecule is Cc1cccc2c1NC(=O)C21NC(Cc2c[nH]c3ccccc23)[C@H]2C(=O)N(c3ccc(F)cc3)C(=O)[C@H]21. The van der Waals surface area contributed by atoms with Gasteiger partial charge in [-0.1, -0.05) is 36.4 Å². The van der Waals surface area contributed by atoms with Crippen LogP contribution in [0.5, 0.6) is 0 Å². The second-order valence-corrected chi connectivity index (χ2v) is 10.1. The third-order valence-electron chi connectivity index (χ3n) is 8.16. The van der Waals surface area contributed by atoms with Crippen molar-refractivity contribution < 1.29 is 18.8 Å². The maximum atomic E-state index is 14.0. The van der Waals surface area contributed by atoms with Crippen molar-refractivity contribution in [2.45, 2.75) is 24.9 Å². The summed E-state index contributed by atoms with van der Waals surface area (Å²) in [6, 6.07) is 18.3. The third kappa shape index (κ3) is 2.87. The zero-order valence-electron chi connectivity index (χ0n) is 19.9. The first-order valence-electron chi connectivity index (χ1n) is 12.3. The predicted octanol–water partition coefficient (Wildman–Crippen LogP) is 3.78. The predicted molar refractivity (Wildman–Crippen MR) is 136 cm³/mol. The molecule has 8 heteroatoms. The number of hydrogen-bond donors (Lipinski definition) is 3. The Kier molecular flexibility index (Phi) is 4.51. The number of carbonyl (C=O) groups excluding carboxylic acids is 3. The Bertz CT molecular complexity index is 1630. The van der Waals surface area contributed by atoms with Crippen LogP contribution in [0.4, 0.5) is 15.8 Å². The summed E-state index contributed by atoms with van der Waals surface area (Å²) in [5, 5.41) is 7.50. The molecule has 4 heterocycles. The number of H-pyrrole nitrogens is 1. The number of aromatic amines is 1. The third-order valence-corrected chi connectivity index (χ3v) is 8.16. The number of imide groups is 1. The van der Waals surface area contributed by atoms with E-state index in [1.165, 1.54) is 24.3 Å². The zero-order valence-corrected chi connectivity index (χ0v) is 19.9. The summed E-state index contributed by atoms with van der Waals surface area (Å²) in [6.07, 6.45) is 2.36. The van der Waals surface area contributed by atoms with E-state index in [2.05, 4.69) is 15.6 Å². The molecule has 1 aromatic heterocycles. The molecular formula is C29H23FN4O3. The van der Waals surface area contributed by atoms with Gasteiger partial charge >= 0.3 is 0 Å². The highest BCUT2D eigenvalue weighted by Gasteiger charge is 2.70. The van der Waals surface area contributed by atoms with Crippen molar-refractivity contribution in [3.8, 4) is 0 Å². The number of aryl methyl sites for hydroxylation is 1. The minimum atomic E-state index is -1.38. The fraction of sp³-hybridized carbons (Fsp3) is 0.207. The summed E-state index contributed by atoms with van der Waals surface area (Å²) < 4.78 is 13.6. The van der Waals surface area contributed by atoms with Gasteiger partial charge in [0, 0.05) is 34.4 Å². The molecule has 184 valence electrons. The first-order valence-corrected chi connectivity index (χ1v) is 12.3. The fourth-order valence-corrected chi connectivity index (χ4v) is 6.53. The molecule has 3 aliphatic heterocycles. The van der Waals surface area contributed by atoms with Crippen LogP contribution in [0.3, 0.4) is 0 Å². The number of benzene rings is 3. The molecule has 7 rings (SSSR count). The lowest BCUT2D eigenvalue weighted by Crippen LogP contribution is -2.53. The molecule has 2 fully saturated rings. The topological polar surface area (TPSA) is 94.3 Å². The second kappa shape index (κ2) is 7.60. The van der Waals surface area contributed by atoms with Crippen LogP contribution >= 0.6 is 0 Å². The lowest BCUT2D eigenvalue weighted by molar-refractivity contribution is -0.130. The van der Waals surface area contributed by atoms with Crippen LogP contribution in [-0.2, 0) is 26.3 Å². The molecule has 4 atom stereocenters. The van der Waals surface area contributed by atoms with Crippen LogP contribution in [0.1, 0.15) is 16.7 Å². The first kappa shape index (κ1) is 21.9. The van der Waals surface area contributed by atoms with Gasteiger partial charge in [-0.3, -0.25) is 19.7 Å². The highest BCUT2D eigenvalue weighted by atomic mass is 19.1. The van der Waals surface area contributed by atoms with Gasteiger partial charge in [-0.2, -0.15) is 0 Å². The number of halogens is 1.